The van der Waals surface area contributed by atoms with E-state index in [1.54, 1.807) is 6.92 Å². The molecule has 88 valence electrons. The Morgan fingerprint density at radius 2 is 1.94 bits per heavy atom. The Balaban J connectivity index is 3.05. The first kappa shape index (κ1) is 12.6. The molecule has 3 nitrogen and oxygen atoms in total. The number of nitrogens with zero attached hydrogens (tertiary/aromatic N) is 1. The van der Waals surface area contributed by atoms with E-state index >= 15 is 0 Å². The summed E-state index contributed by atoms with van der Waals surface area (Å²) in [5.41, 5.74) is -0.592. The first-order valence-electron chi connectivity index (χ1n) is 4.81. The van der Waals surface area contributed by atoms with Crippen molar-refractivity contribution in [1.82, 2.24) is 4.90 Å². The molecule has 0 radical (unpaired) electrons. The molecule has 0 heterocycles. The average molecular weight is 229 g/mol. The maximum Gasteiger partial charge on any atom is 0.259 e. The third-order valence-electron chi connectivity index (χ3n) is 2.42. The lowest BCUT2D eigenvalue weighted by Crippen LogP contribution is -2.38. The summed E-state index contributed by atoms with van der Waals surface area (Å²) in [6.07, 6.45) is 0. The molecule has 0 saturated heterocycles. The van der Waals surface area contributed by atoms with Crippen LogP contribution in [0.2, 0.25) is 0 Å². The number of carbonyl (C=O) groups is 1. The predicted molar refractivity (Wildman–Crippen MR) is 55.0 cm³/mol. The first-order valence-corrected chi connectivity index (χ1v) is 4.81. The molecular weight excluding hydrogens is 216 g/mol. The minimum atomic E-state index is -0.901. The minimum Gasteiger partial charge on any atom is -0.394 e. The summed E-state index contributed by atoms with van der Waals surface area (Å²) in [6, 6.07) is 2.74. The predicted octanol–water partition coefficient (Wildman–Crippen LogP) is 1.42. The SMILES string of the molecule is CC(CO)N(C)C(=O)c1c(F)cccc1F. The van der Waals surface area contributed by atoms with Crippen LogP contribution in [0.4, 0.5) is 8.78 Å². The molecule has 0 aliphatic rings. The number of hydrogen-bond acceptors (Lipinski definition) is 2. The van der Waals surface area contributed by atoms with Crippen LogP contribution in [0.25, 0.3) is 0 Å². The van der Waals surface area contributed by atoms with Gasteiger partial charge >= 0.3 is 0 Å². The van der Waals surface area contributed by atoms with Gasteiger partial charge in [0.05, 0.1) is 12.6 Å². The van der Waals surface area contributed by atoms with Gasteiger partial charge in [-0.1, -0.05) is 6.07 Å². The molecular formula is C11H13F2NO2. The van der Waals surface area contributed by atoms with E-state index in [1.165, 1.54) is 13.1 Å². The maximum absolute atomic E-state index is 13.3. The van der Waals surface area contributed by atoms with E-state index in [9.17, 15) is 13.6 Å². The van der Waals surface area contributed by atoms with Crippen LogP contribution in [-0.4, -0.2) is 35.6 Å². The fraction of sp³-hybridized carbons (Fsp3) is 0.364. The van der Waals surface area contributed by atoms with Gasteiger partial charge in [0.2, 0.25) is 0 Å². The lowest BCUT2D eigenvalue weighted by Gasteiger charge is -2.23. The number of benzene rings is 1. The summed E-state index contributed by atoms with van der Waals surface area (Å²) in [6.45, 7) is 1.31. The van der Waals surface area contributed by atoms with E-state index in [0.29, 0.717) is 0 Å². The Morgan fingerprint density at radius 1 is 1.44 bits per heavy atom. The van der Waals surface area contributed by atoms with Gasteiger partial charge in [-0.15, -0.1) is 0 Å². The third-order valence-corrected chi connectivity index (χ3v) is 2.42. The van der Waals surface area contributed by atoms with Gasteiger partial charge in [0.25, 0.3) is 5.91 Å². The zero-order chi connectivity index (χ0) is 12.3. The summed E-state index contributed by atoms with van der Waals surface area (Å²) >= 11 is 0. The number of hydrogen-bond donors (Lipinski definition) is 1. The van der Waals surface area contributed by atoms with Gasteiger partial charge < -0.3 is 10.0 Å². The molecule has 1 N–H and O–H groups in total. The second-order valence-electron chi connectivity index (χ2n) is 3.54. The number of aliphatic hydroxyl groups is 1. The Bertz CT molecular complexity index is 375. The lowest BCUT2D eigenvalue weighted by molar-refractivity contribution is 0.0672. The Morgan fingerprint density at radius 3 is 2.38 bits per heavy atom. The summed E-state index contributed by atoms with van der Waals surface area (Å²) in [5.74, 6) is -2.58. The average Bonchev–Trinajstić information content (AvgIpc) is 2.26. The molecule has 5 heteroatoms. The molecule has 0 fully saturated rings. The van der Waals surface area contributed by atoms with Crippen LogP contribution in [0.1, 0.15) is 17.3 Å². The van der Waals surface area contributed by atoms with Gasteiger partial charge in [0.1, 0.15) is 17.2 Å². The fourth-order valence-corrected chi connectivity index (χ4v) is 1.20. The van der Waals surface area contributed by atoms with Crippen molar-refractivity contribution in [1.29, 1.82) is 0 Å². The van der Waals surface area contributed by atoms with Gasteiger partial charge in [0.15, 0.2) is 0 Å². The smallest absolute Gasteiger partial charge is 0.259 e. The highest BCUT2D eigenvalue weighted by Crippen LogP contribution is 2.15. The largest absolute Gasteiger partial charge is 0.394 e. The van der Waals surface area contributed by atoms with Crippen molar-refractivity contribution in [2.24, 2.45) is 0 Å². The molecule has 0 bridgehead atoms. The number of aliphatic hydroxyl groups excluding tert-OH is 1. The standard InChI is InChI=1S/C11H13F2NO2/c1-7(6-15)14(2)11(16)10-8(12)4-3-5-9(10)13/h3-5,7,15H,6H2,1-2H3. The number of carbonyl (C=O) groups excluding carboxylic acids is 1. The van der Waals surface area contributed by atoms with Crippen LogP contribution >= 0.6 is 0 Å². The normalized spacial score (nSPS) is 12.3. The molecule has 1 unspecified atom stereocenters. The molecule has 1 rings (SSSR count). The monoisotopic (exact) mass is 229 g/mol. The second-order valence-corrected chi connectivity index (χ2v) is 3.54. The van der Waals surface area contributed by atoms with Crippen LogP contribution < -0.4 is 0 Å². The highest BCUT2D eigenvalue weighted by Gasteiger charge is 2.23. The van der Waals surface area contributed by atoms with Gasteiger partial charge in [-0.25, -0.2) is 8.78 Å². The molecule has 0 aliphatic heterocycles. The summed E-state index contributed by atoms with van der Waals surface area (Å²) < 4.78 is 26.6. The van der Waals surface area contributed by atoms with Crippen molar-refractivity contribution >= 4 is 5.91 Å². The molecule has 1 aromatic carbocycles. The van der Waals surface area contributed by atoms with Gasteiger partial charge in [0, 0.05) is 7.05 Å². The zero-order valence-electron chi connectivity index (χ0n) is 9.08. The van der Waals surface area contributed by atoms with E-state index in [2.05, 4.69) is 0 Å². The van der Waals surface area contributed by atoms with Crippen LogP contribution in [0.3, 0.4) is 0 Å². The topological polar surface area (TPSA) is 40.5 Å². The summed E-state index contributed by atoms with van der Waals surface area (Å²) in [7, 11) is 1.38. The number of rotatable bonds is 3. The first-order chi connectivity index (χ1) is 7.49. The van der Waals surface area contributed by atoms with E-state index in [4.69, 9.17) is 5.11 Å². The molecule has 1 atom stereocenters. The van der Waals surface area contributed by atoms with E-state index in [-0.39, 0.29) is 6.61 Å². The second kappa shape index (κ2) is 5.03. The Kier molecular flexibility index (Phi) is 3.95. The molecule has 0 aromatic heterocycles. The van der Waals surface area contributed by atoms with Crippen LogP contribution in [-0.2, 0) is 0 Å². The van der Waals surface area contributed by atoms with Crippen LogP contribution in [0.5, 0.6) is 0 Å². The van der Waals surface area contributed by atoms with Gasteiger partial charge in [-0.3, -0.25) is 4.79 Å². The number of likely N-dealkylation sites (N-methyl/N-ethyl adjacent to an activating group) is 1. The molecule has 1 amide bonds. The highest BCUT2D eigenvalue weighted by molar-refractivity contribution is 5.94. The zero-order valence-corrected chi connectivity index (χ0v) is 9.08. The maximum atomic E-state index is 13.3. The van der Waals surface area contributed by atoms with Gasteiger partial charge in [-0.05, 0) is 19.1 Å². The van der Waals surface area contributed by atoms with E-state index < -0.39 is 29.1 Å². The fourth-order valence-electron chi connectivity index (χ4n) is 1.20. The van der Waals surface area contributed by atoms with Gasteiger partial charge in [-0.2, -0.15) is 0 Å². The van der Waals surface area contributed by atoms with E-state index in [0.717, 1.165) is 17.0 Å². The molecule has 1 aromatic rings. The minimum absolute atomic E-state index is 0.266. The molecule has 0 aliphatic carbocycles. The van der Waals surface area contributed by atoms with E-state index in [1.807, 2.05) is 0 Å². The quantitative estimate of drug-likeness (QED) is 0.851. The molecule has 0 saturated carbocycles. The third kappa shape index (κ3) is 2.36. The van der Waals surface area contributed by atoms with Crippen molar-refractivity contribution in [2.45, 2.75) is 13.0 Å². The Labute approximate surface area is 92.3 Å². The van der Waals surface area contributed by atoms with Crippen molar-refractivity contribution in [3.8, 4) is 0 Å². The van der Waals surface area contributed by atoms with Crippen molar-refractivity contribution < 1.29 is 18.7 Å². The van der Waals surface area contributed by atoms with Crippen LogP contribution in [0.15, 0.2) is 18.2 Å². The number of amides is 1. The summed E-state index contributed by atoms with van der Waals surface area (Å²) in [4.78, 5) is 12.8. The number of halogens is 2. The lowest BCUT2D eigenvalue weighted by atomic mass is 10.1. The van der Waals surface area contributed by atoms with Crippen LogP contribution in [0, 0.1) is 11.6 Å². The highest BCUT2D eigenvalue weighted by atomic mass is 19.1. The molecule has 0 spiro atoms. The van der Waals surface area contributed by atoms with Crippen molar-refractivity contribution in [2.75, 3.05) is 13.7 Å². The van der Waals surface area contributed by atoms with Crippen molar-refractivity contribution in [3.05, 3.63) is 35.4 Å². The Hall–Kier alpha value is -1.49. The van der Waals surface area contributed by atoms with Crippen molar-refractivity contribution in [3.63, 3.8) is 0 Å². The molecule has 16 heavy (non-hydrogen) atoms. The summed E-state index contributed by atoms with van der Waals surface area (Å²) in [5, 5.41) is 8.86.